The van der Waals surface area contributed by atoms with Crippen LogP contribution in [0.2, 0.25) is 0 Å². The molecule has 4 aromatic rings. The van der Waals surface area contributed by atoms with Crippen LogP contribution in [-0.4, -0.2) is 54.1 Å². The minimum Gasteiger partial charge on any atom is -0.337 e. The summed E-state index contributed by atoms with van der Waals surface area (Å²) in [6, 6.07) is 5.85. The van der Waals surface area contributed by atoms with Crippen molar-refractivity contribution in [1.29, 1.82) is 0 Å². The molecule has 1 aliphatic carbocycles. The number of amides is 2. The molecule has 10 heteroatoms. The number of fused-ring (bicyclic) bond motifs is 2. The molecule has 41 heavy (non-hydrogen) atoms. The highest BCUT2D eigenvalue weighted by Gasteiger charge is 2.64. The Bertz CT molecular complexity index is 1860. The van der Waals surface area contributed by atoms with E-state index >= 15 is 0 Å². The highest BCUT2D eigenvalue weighted by molar-refractivity contribution is 9.10. The van der Waals surface area contributed by atoms with Gasteiger partial charge in [0, 0.05) is 45.3 Å². The number of aryl methyl sites for hydroxylation is 3. The number of halogens is 1. The van der Waals surface area contributed by atoms with Crippen LogP contribution in [0, 0.1) is 26.2 Å². The Labute approximate surface area is 250 Å². The quantitative estimate of drug-likeness (QED) is 0.229. The molecule has 0 unspecified atom stereocenters. The van der Waals surface area contributed by atoms with E-state index in [0.29, 0.717) is 39.1 Å². The first-order valence-corrected chi connectivity index (χ1v) is 14.2. The largest absolute Gasteiger partial charge is 0.337 e. The second-order valence-electron chi connectivity index (χ2n) is 11.1. The van der Waals surface area contributed by atoms with Crippen molar-refractivity contribution < 1.29 is 18.5 Å². The van der Waals surface area contributed by atoms with Gasteiger partial charge in [0.1, 0.15) is 28.8 Å². The molecular formula is C31H31BrN6O3. The van der Waals surface area contributed by atoms with E-state index in [1.807, 2.05) is 19.1 Å². The van der Waals surface area contributed by atoms with Crippen LogP contribution in [0.15, 0.2) is 47.5 Å². The van der Waals surface area contributed by atoms with Crippen LogP contribution in [0.3, 0.4) is 0 Å². The van der Waals surface area contributed by atoms with E-state index in [2.05, 4.69) is 36.2 Å². The molecular weight excluding hydrogens is 584 g/mol. The van der Waals surface area contributed by atoms with Crippen molar-refractivity contribution in [2.24, 2.45) is 5.41 Å². The van der Waals surface area contributed by atoms with Crippen LogP contribution in [0.25, 0.3) is 22.0 Å². The number of carbonyl (C=O) groups excluding carboxylic acids is 3. The highest BCUT2D eigenvalue weighted by Crippen LogP contribution is 2.59. The van der Waals surface area contributed by atoms with Gasteiger partial charge in [-0.25, -0.2) is 15.0 Å². The normalized spacial score (nSPS) is 22.6. The summed E-state index contributed by atoms with van der Waals surface area (Å²) in [5.74, 6) is -0.0355. The summed E-state index contributed by atoms with van der Waals surface area (Å²) in [7, 11) is 0. The fraction of sp³-hybridized carbons (Fsp3) is 0.355. The molecule has 4 heterocycles. The van der Waals surface area contributed by atoms with Crippen molar-refractivity contribution in [3.8, 4) is 11.1 Å². The molecule has 2 aliphatic rings. The number of piperidine rings is 1. The molecule has 2 amide bonds. The molecule has 210 valence electrons. The number of pyridine rings is 1. The van der Waals surface area contributed by atoms with Crippen molar-refractivity contribution in [3.63, 3.8) is 0 Å². The topological polar surface area (TPSA) is 110 Å². The second-order valence-corrected chi connectivity index (χ2v) is 11.9. The van der Waals surface area contributed by atoms with Crippen LogP contribution in [0.5, 0.6) is 0 Å². The summed E-state index contributed by atoms with van der Waals surface area (Å²) >= 11 is 3.32. The lowest BCUT2D eigenvalue weighted by atomic mass is 10.0. The number of aromatic nitrogens is 4. The molecule has 9 nitrogen and oxygen atoms in total. The summed E-state index contributed by atoms with van der Waals surface area (Å²) in [4.78, 5) is 54.8. The van der Waals surface area contributed by atoms with E-state index in [1.54, 1.807) is 49.1 Å². The number of nitrogens with one attached hydrogen (secondary N) is 1. The van der Waals surface area contributed by atoms with Gasteiger partial charge >= 0.3 is 0 Å². The van der Waals surface area contributed by atoms with Gasteiger partial charge < -0.3 is 14.8 Å². The van der Waals surface area contributed by atoms with Crippen molar-refractivity contribution in [2.45, 2.75) is 66.0 Å². The number of benzene rings is 1. The number of ketones is 1. The van der Waals surface area contributed by atoms with Gasteiger partial charge in [-0.2, -0.15) is 0 Å². The van der Waals surface area contributed by atoms with Crippen molar-refractivity contribution in [1.82, 2.24) is 24.4 Å². The molecule has 1 saturated carbocycles. The van der Waals surface area contributed by atoms with E-state index in [1.165, 1.54) is 11.8 Å². The average molecular weight is 619 g/mol. The molecule has 1 saturated heterocycles. The fourth-order valence-corrected chi connectivity index (χ4v) is 6.24. The first kappa shape index (κ1) is 23.8. The Morgan fingerprint density at radius 2 is 1.85 bits per heavy atom. The van der Waals surface area contributed by atoms with Gasteiger partial charge in [0.2, 0.25) is 11.8 Å². The van der Waals surface area contributed by atoms with Crippen LogP contribution in [0.1, 0.15) is 58.0 Å². The maximum Gasteiger partial charge on any atom is 0.248 e. The summed E-state index contributed by atoms with van der Waals surface area (Å²) in [5, 5.41) is 3.51. The molecule has 1 aromatic carbocycles. The van der Waals surface area contributed by atoms with Gasteiger partial charge in [-0.3, -0.25) is 14.4 Å². The minimum absolute atomic E-state index is 0.0327. The number of rotatable bonds is 6. The Morgan fingerprint density at radius 3 is 2.56 bits per heavy atom. The zero-order valence-corrected chi connectivity index (χ0v) is 24.7. The lowest BCUT2D eigenvalue weighted by Crippen LogP contribution is -2.46. The number of nitrogens with zero attached hydrogens (tertiary/aromatic N) is 5. The van der Waals surface area contributed by atoms with Crippen molar-refractivity contribution in [3.05, 3.63) is 70.0 Å². The second kappa shape index (κ2) is 9.87. The standard InChI is InChI=1S/C31H31BrN6O3/c1-16-6-7-26(32)35-29(16)36-30(41)24-10-31(5)11-25(31)38(24)27(40)15-37-14-23(18(3)39)22-9-20(8-17(2)28(22)37)21-12-33-19(4)34-13-21/h6-9,12-14,24-25H,10-11,15H2,1-5H3,(H,35,36,41)/t24-,25+,31-/m0/s1/i5D3. The number of carbonyl (C=O) groups is 3. The Balaban J connectivity index is 1.35. The summed E-state index contributed by atoms with van der Waals surface area (Å²) < 4.78 is 26.9. The Hall–Kier alpha value is -3.92. The van der Waals surface area contributed by atoms with Crippen molar-refractivity contribution >= 4 is 50.2 Å². The third-order valence-corrected chi connectivity index (χ3v) is 8.56. The smallest absolute Gasteiger partial charge is 0.248 e. The molecule has 1 N–H and O–H groups in total. The third-order valence-electron chi connectivity index (χ3n) is 8.12. The third kappa shape index (κ3) is 4.84. The first-order chi connectivity index (χ1) is 20.7. The Kier molecular flexibility index (Phi) is 5.72. The maximum absolute atomic E-state index is 14.1. The highest BCUT2D eigenvalue weighted by atomic mass is 79.9. The summed E-state index contributed by atoms with van der Waals surface area (Å²) in [5.41, 5.74) is 3.26. The van der Waals surface area contributed by atoms with Gasteiger partial charge in [0.05, 0.1) is 5.52 Å². The molecule has 0 spiro atoms. The SMILES string of the molecule is [2H]C([2H])([2H])[C@@]12C[C@@H](C(=O)Nc3nc(Br)ccc3C)N(C(=O)Cn3cc(C(C)=O)c4cc(-c5cnc(C)nc5)cc(C)c43)[C@@H]1C2. The van der Waals surface area contributed by atoms with Crippen LogP contribution in [-0.2, 0) is 16.1 Å². The molecule has 3 atom stereocenters. The zero-order chi connectivity index (χ0) is 31.7. The number of likely N-dealkylation sites (tertiary alicyclic amines) is 1. The van der Waals surface area contributed by atoms with Crippen molar-refractivity contribution in [2.75, 3.05) is 5.32 Å². The number of anilines is 1. The Morgan fingerprint density at radius 1 is 1.10 bits per heavy atom. The van der Waals surface area contributed by atoms with Crippen LogP contribution in [0.4, 0.5) is 5.82 Å². The summed E-state index contributed by atoms with van der Waals surface area (Å²) in [6.45, 7) is 4.50. The maximum atomic E-state index is 14.1. The van der Waals surface area contributed by atoms with Gasteiger partial charge in [-0.05, 0) is 96.8 Å². The van der Waals surface area contributed by atoms with Gasteiger partial charge in [-0.1, -0.05) is 12.9 Å². The average Bonchev–Trinajstić information content (AvgIpc) is 3.40. The monoisotopic (exact) mass is 617 g/mol. The molecule has 2 fully saturated rings. The predicted octanol–water partition coefficient (Wildman–Crippen LogP) is 5.40. The fourth-order valence-electron chi connectivity index (χ4n) is 5.93. The number of hydrogen-bond acceptors (Lipinski definition) is 6. The van der Waals surface area contributed by atoms with Gasteiger partial charge in [0.15, 0.2) is 5.78 Å². The van der Waals surface area contributed by atoms with Gasteiger partial charge in [0.25, 0.3) is 0 Å². The van der Waals surface area contributed by atoms with E-state index in [4.69, 9.17) is 4.11 Å². The minimum atomic E-state index is -2.33. The molecule has 6 rings (SSSR count). The lowest BCUT2D eigenvalue weighted by Gasteiger charge is -2.27. The molecule has 0 radical (unpaired) electrons. The predicted molar refractivity (Wildman–Crippen MR) is 160 cm³/mol. The number of Topliss-reactive ketones (excluding diaryl/α,β-unsaturated/α-hetero) is 1. The lowest BCUT2D eigenvalue weighted by molar-refractivity contribution is -0.138. The number of hydrogen-bond donors (Lipinski definition) is 1. The summed E-state index contributed by atoms with van der Waals surface area (Å²) in [6.07, 6.45) is 5.46. The van der Waals surface area contributed by atoms with Crippen LogP contribution >= 0.6 is 15.9 Å². The van der Waals surface area contributed by atoms with E-state index in [9.17, 15) is 14.4 Å². The molecule has 3 aromatic heterocycles. The molecule has 0 bridgehead atoms. The van der Waals surface area contributed by atoms with Crippen LogP contribution < -0.4 is 5.32 Å². The first-order valence-electron chi connectivity index (χ1n) is 14.9. The van der Waals surface area contributed by atoms with E-state index in [0.717, 1.165) is 22.3 Å². The molecule has 1 aliphatic heterocycles. The zero-order valence-electron chi connectivity index (χ0n) is 26.2. The van der Waals surface area contributed by atoms with E-state index in [-0.39, 0.29) is 24.7 Å². The van der Waals surface area contributed by atoms with E-state index < -0.39 is 30.3 Å². The van der Waals surface area contributed by atoms with Gasteiger partial charge in [-0.15, -0.1) is 0 Å².